The van der Waals surface area contributed by atoms with Crippen LogP contribution in [0.2, 0.25) is 0 Å². The second kappa shape index (κ2) is 6.73. The highest BCUT2D eigenvalue weighted by Crippen LogP contribution is 2.25. The van der Waals surface area contributed by atoms with Crippen LogP contribution < -0.4 is 16.0 Å². The monoisotopic (exact) mass is 259 g/mol. The number of hydrogen-bond acceptors (Lipinski definition) is 3. The zero-order chi connectivity index (χ0) is 13.6. The van der Waals surface area contributed by atoms with Crippen LogP contribution in [0, 0.1) is 0 Å². The molecule has 104 valence electrons. The van der Waals surface area contributed by atoms with Gasteiger partial charge in [-0.2, -0.15) is 0 Å². The summed E-state index contributed by atoms with van der Waals surface area (Å²) in [6, 6.07) is 10.6. The summed E-state index contributed by atoms with van der Waals surface area (Å²) in [7, 11) is 0. The molecule has 3 nitrogen and oxygen atoms in total. The fourth-order valence-corrected chi connectivity index (χ4v) is 2.72. The average Bonchev–Trinajstić information content (AvgIpc) is 2.49. The first-order chi connectivity index (χ1) is 9.29. The van der Waals surface area contributed by atoms with Crippen LogP contribution >= 0.6 is 0 Å². The molecule has 0 saturated carbocycles. The maximum Gasteiger partial charge on any atom is 0.0366 e. The third-order valence-corrected chi connectivity index (χ3v) is 4.08. The Balaban J connectivity index is 1.91. The Kier molecular flexibility index (Phi) is 5.00. The maximum absolute atomic E-state index is 6.00. The normalized spacial score (nSPS) is 18.3. The first-order valence-corrected chi connectivity index (χ1v) is 7.16. The molecule has 0 aromatic heterocycles. The Morgan fingerprint density at radius 1 is 1.26 bits per heavy atom. The van der Waals surface area contributed by atoms with Crippen LogP contribution in [0.3, 0.4) is 0 Å². The largest absolute Gasteiger partial charge is 0.371 e. The number of nitrogens with two attached hydrogens (primary N) is 1. The molecule has 0 radical (unpaired) electrons. The molecule has 1 aliphatic heterocycles. The molecular formula is C16H25N3. The van der Waals surface area contributed by atoms with Gasteiger partial charge in [-0.25, -0.2) is 0 Å². The lowest BCUT2D eigenvalue weighted by Gasteiger charge is -2.43. The SMILES string of the molecule is C=CCCNC1(CN)CCN(c2ccccc2)CC1. The maximum atomic E-state index is 6.00. The first kappa shape index (κ1) is 14.1. The van der Waals surface area contributed by atoms with E-state index in [1.165, 1.54) is 5.69 Å². The summed E-state index contributed by atoms with van der Waals surface area (Å²) in [6.07, 6.45) is 5.17. The van der Waals surface area contributed by atoms with E-state index in [2.05, 4.69) is 47.1 Å². The molecule has 0 spiro atoms. The smallest absolute Gasteiger partial charge is 0.0366 e. The molecule has 1 aliphatic rings. The van der Waals surface area contributed by atoms with Gasteiger partial charge in [0.25, 0.3) is 0 Å². The molecule has 0 atom stereocenters. The van der Waals surface area contributed by atoms with Crippen molar-refractivity contribution in [3.05, 3.63) is 43.0 Å². The van der Waals surface area contributed by atoms with Gasteiger partial charge in [-0.15, -0.1) is 6.58 Å². The minimum atomic E-state index is 0.119. The van der Waals surface area contributed by atoms with E-state index >= 15 is 0 Å². The molecule has 3 N–H and O–H groups in total. The number of para-hydroxylation sites is 1. The van der Waals surface area contributed by atoms with Crippen molar-refractivity contribution in [2.24, 2.45) is 5.73 Å². The molecule has 0 bridgehead atoms. The van der Waals surface area contributed by atoms with Gasteiger partial charge >= 0.3 is 0 Å². The second-order valence-electron chi connectivity index (χ2n) is 5.31. The third kappa shape index (κ3) is 3.58. The summed E-state index contributed by atoms with van der Waals surface area (Å²) in [5.41, 5.74) is 7.44. The summed E-state index contributed by atoms with van der Waals surface area (Å²) >= 11 is 0. The third-order valence-electron chi connectivity index (χ3n) is 4.08. The van der Waals surface area contributed by atoms with Crippen LogP contribution in [0.15, 0.2) is 43.0 Å². The number of anilines is 1. The minimum Gasteiger partial charge on any atom is -0.371 e. The minimum absolute atomic E-state index is 0.119. The molecule has 0 unspecified atom stereocenters. The molecule has 0 amide bonds. The number of rotatable bonds is 6. The predicted octanol–water partition coefficient (Wildman–Crippen LogP) is 2.15. The highest BCUT2D eigenvalue weighted by molar-refractivity contribution is 5.46. The van der Waals surface area contributed by atoms with Gasteiger partial charge in [-0.1, -0.05) is 24.3 Å². The van der Waals surface area contributed by atoms with Crippen molar-refractivity contribution in [2.45, 2.75) is 24.8 Å². The Hall–Kier alpha value is -1.32. The Morgan fingerprint density at radius 2 is 1.95 bits per heavy atom. The molecule has 1 fully saturated rings. The van der Waals surface area contributed by atoms with Gasteiger partial charge < -0.3 is 16.0 Å². The standard InChI is InChI=1S/C16H25N3/c1-2-3-11-18-16(14-17)9-12-19(13-10-16)15-7-5-4-6-8-15/h2,4-8,18H,1,3,9-14,17H2. The number of benzene rings is 1. The molecule has 19 heavy (non-hydrogen) atoms. The van der Waals surface area contributed by atoms with Gasteiger partial charge in [0.1, 0.15) is 0 Å². The fraction of sp³-hybridized carbons (Fsp3) is 0.500. The van der Waals surface area contributed by atoms with E-state index in [9.17, 15) is 0 Å². The lowest BCUT2D eigenvalue weighted by molar-refractivity contribution is 0.269. The fourth-order valence-electron chi connectivity index (χ4n) is 2.72. The van der Waals surface area contributed by atoms with Crippen LogP contribution in [0.4, 0.5) is 5.69 Å². The van der Waals surface area contributed by atoms with E-state index in [4.69, 9.17) is 5.73 Å². The molecule has 0 aliphatic carbocycles. The van der Waals surface area contributed by atoms with Crippen molar-refractivity contribution < 1.29 is 0 Å². The highest BCUT2D eigenvalue weighted by Gasteiger charge is 2.32. The van der Waals surface area contributed by atoms with Crippen molar-refractivity contribution >= 4 is 5.69 Å². The Morgan fingerprint density at radius 3 is 2.53 bits per heavy atom. The molecule has 1 heterocycles. The van der Waals surface area contributed by atoms with E-state index in [1.54, 1.807) is 0 Å². The number of nitrogens with zero attached hydrogens (tertiary/aromatic N) is 1. The predicted molar refractivity (Wildman–Crippen MR) is 82.5 cm³/mol. The van der Waals surface area contributed by atoms with Crippen molar-refractivity contribution in [1.82, 2.24) is 5.32 Å². The lowest BCUT2D eigenvalue weighted by atomic mass is 9.87. The summed E-state index contributed by atoms with van der Waals surface area (Å²) in [4.78, 5) is 2.45. The molecule has 3 heteroatoms. The zero-order valence-corrected chi connectivity index (χ0v) is 11.6. The topological polar surface area (TPSA) is 41.3 Å². The highest BCUT2D eigenvalue weighted by atomic mass is 15.2. The molecule has 2 rings (SSSR count). The number of hydrogen-bond donors (Lipinski definition) is 2. The summed E-state index contributed by atoms with van der Waals surface area (Å²) < 4.78 is 0. The van der Waals surface area contributed by atoms with Crippen molar-refractivity contribution in [2.75, 3.05) is 31.1 Å². The van der Waals surface area contributed by atoms with Gasteiger partial charge in [-0.05, 0) is 37.9 Å². The van der Waals surface area contributed by atoms with Crippen molar-refractivity contribution in [3.8, 4) is 0 Å². The van der Waals surface area contributed by atoms with Crippen molar-refractivity contribution in [3.63, 3.8) is 0 Å². The summed E-state index contributed by atoms with van der Waals surface area (Å²) in [5, 5.41) is 3.63. The Bertz CT molecular complexity index is 380. The van der Waals surface area contributed by atoms with Crippen LogP contribution in [0.25, 0.3) is 0 Å². The van der Waals surface area contributed by atoms with Gasteiger partial charge in [0.15, 0.2) is 0 Å². The van der Waals surface area contributed by atoms with E-state index < -0.39 is 0 Å². The van der Waals surface area contributed by atoms with Crippen LogP contribution in [-0.2, 0) is 0 Å². The first-order valence-electron chi connectivity index (χ1n) is 7.16. The van der Waals surface area contributed by atoms with Crippen molar-refractivity contribution in [1.29, 1.82) is 0 Å². The number of piperidine rings is 1. The van der Waals surface area contributed by atoms with Crippen LogP contribution in [0.5, 0.6) is 0 Å². The van der Waals surface area contributed by atoms with Gasteiger partial charge in [0.2, 0.25) is 0 Å². The molecule has 1 aromatic carbocycles. The molecule has 1 aromatic rings. The molecule has 1 saturated heterocycles. The van der Waals surface area contributed by atoms with E-state index in [0.29, 0.717) is 6.54 Å². The van der Waals surface area contributed by atoms with Gasteiger partial charge in [0, 0.05) is 30.9 Å². The van der Waals surface area contributed by atoms with E-state index in [1.807, 2.05) is 6.08 Å². The quantitative estimate of drug-likeness (QED) is 0.607. The lowest BCUT2D eigenvalue weighted by Crippen LogP contribution is -2.57. The molecular weight excluding hydrogens is 234 g/mol. The number of nitrogens with one attached hydrogen (secondary N) is 1. The van der Waals surface area contributed by atoms with Crippen LogP contribution in [-0.4, -0.2) is 31.7 Å². The Labute approximate surface area is 116 Å². The average molecular weight is 259 g/mol. The second-order valence-corrected chi connectivity index (χ2v) is 5.31. The summed E-state index contributed by atoms with van der Waals surface area (Å²) in [5.74, 6) is 0. The van der Waals surface area contributed by atoms with Crippen LogP contribution in [0.1, 0.15) is 19.3 Å². The zero-order valence-electron chi connectivity index (χ0n) is 11.6. The van der Waals surface area contributed by atoms with Gasteiger partial charge in [-0.3, -0.25) is 0 Å². The van der Waals surface area contributed by atoms with E-state index in [0.717, 1.165) is 38.9 Å². The van der Waals surface area contributed by atoms with E-state index in [-0.39, 0.29) is 5.54 Å². The summed E-state index contributed by atoms with van der Waals surface area (Å²) in [6.45, 7) is 7.60. The van der Waals surface area contributed by atoms with Gasteiger partial charge in [0.05, 0.1) is 0 Å².